The molecular weight excluding hydrogens is 304 g/mol. The van der Waals surface area contributed by atoms with Gasteiger partial charge in [-0.25, -0.2) is 8.42 Å². The lowest BCUT2D eigenvalue weighted by Crippen LogP contribution is -2.20. The standard InChI is InChI=1S/C11H20N2O3S3/c1-4-7-9(6-3)18(14)10-12-13-11(17-10)19(15,16)8-5-2/h9H,4-8H2,1-3H3. The summed E-state index contributed by atoms with van der Waals surface area (Å²) >= 11 is -0.311. The van der Waals surface area contributed by atoms with Crippen LogP contribution in [0, 0.1) is 0 Å². The van der Waals surface area contributed by atoms with Crippen LogP contribution in [0.1, 0.15) is 46.5 Å². The Balaban J connectivity index is 2.90. The van der Waals surface area contributed by atoms with Crippen molar-refractivity contribution in [2.24, 2.45) is 0 Å². The Morgan fingerprint density at radius 2 is 1.95 bits per heavy atom. The molecule has 0 aliphatic carbocycles. The van der Waals surface area contributed by atoms with E-state index in [1.54, 1.807) is 6.92 Å². The van der Waals surface area contributed by atoms with Gasteiger partial charge in [-0.15, -0.1) is 5.10 Å². The van der Waals surface area contributed by atoms with Gasteiger partial charge in [0.1, 0.15) is 5.25 Å². The Bertz CT molecular complexity index is 487. The van der Waals surface area contributed by atoms with Gasteiger partial charge in [0.25, 0.3) is 0 Å². The van der Waals surface area contributed by atoms with Crippen LogP contribution in [-0.2, 0) is 21.0 Å². The van der Waals surface area contributed by atoms with Gasteiger partial charge in [-0.1, -0.05) is 32.3 Å². The van der Waals surface area contributed by atoms with Crippen molar-refractivity contribution < 1.29 is 13.0 Å². The number of hydrogen-bond acceptors (Lipinski definition) is 6. The zero-order valence-corrected chi connectivity index (χ0v) is 13.9. The predicted octanol–water partition coefficient (Wildman–Crippen LogP) is 2.41. The Morgan fingerprint density at radius 1 is 1.26 bits per heavy atom. The Kier molecular flexibility index (Phi) is 6.72. The number of nitrogens with zero attached hydrogens (tertiary/aromatic N) is 2. The molecule has 0 radical (unpaired) electrons. The van der Waals surface area contributed by atoms with E-state index in [1.807, 2.05) is 13.8 Å². The van der Waals surface area contributed by atoms with Crippen LogP contribution in [0.25, 0.3) is 0 Å². The van der Waals surface area contributed by atoms with Crippen molar-refractivity contribution >= 4 is 32.3 Å². The molecule has 0 N–H and O–H groups in total. The fraction of sp³-hybridized carbons (Fsp3) is 0.818. The molecule has 1 aromatic rings. The summed E-state index contributed by atoms with van der Waals surface area (Å²) in [7, 11) is -3.36. The molecule has 0 saturated carbocycles. The average Bonchev–Trinajstić information content (AvgIpc) is 2.85. The number of hydrogen-bond donors (Lipinski definition) is 0. The van der Waals surface area contributed by atoms with E-state index >= 15 is 0 Å². The van der Waals surface area contributed by atoms with E-state index in [2.05, 4.69) is 10.2 Å². The van der Waals surface area contributed by atoms with Crippen molar-refractivity contribution in [1.82, 2.24) is 10.2 Å². The fourth-order valence-electron chi connectivity index (χ4n) is 1.69. The highest BCUT2D eigenvalue weighted by molar-refractivity contribution is 7.96. The van der Waals surface area contributed by atoms with Gasteiger partial charge >= 0.3 is 4.34 Å². The summed E-state index contributed by atoms with van der Waals surface area (Å²) in [5, 5.41) is 7.52. The van der Waals surface area contributed by atoms with Gasteiger partial charge in [-0.05, 0) is 30.6 Å². The van der Waals surface area contributed by atoms with Crippen molar-refractivity contribution in [3.8, 4) is 0 Å². The van der Waals surface area contributed by atoms with E-state index in [0.29, 0.717) is 10.8 Å². The lowest BCUT2D eigenvalue weighted by atomic mass is 10.2. The third-order valence-electron chi connectivity index (χ3n) is 2.67. The summed E-state index contributed by atoms with van der Waals surface area (Å²) in [6.07, 6.45) is 3.12. The van der Waals surface area contributed by atoms with Gasteiger partial charge in [0.2, 0.25) is 14.2 Å². The minimum atomic E-state index is -3.36. The Hall–Kier alpha value is -0.180. The smallest absolute Gasteiger partial charge is 0.323 e. The molecule has 0 fully saturated rings. The topological polar surface area (TPSA) is 83.0 Å². The highest BCUT2D eigenvalue weighted by Crippen LogP contribution is 2.27. The molecule has 2 unspecified atom stereocenters. The van der Waals surface area contributed by atoms with Crippen molar-refractivity contribution in [2.45, 2.75) is 60.4 Å². The molecule has 19 heavy (non-hydrogen) atoms. The number of sulfone groups is 1. The SMILES string of the molecule is CCCC(CC)[S+]([O-])c1nnc(S(=O)(=O)CCC)s1. The van der Waals surface area contributed by atoms with Crippen LogP contribution >= 0.6 is 11.3 Å². The molecule has 0 amide bonds. The summed E-state index contributed by atoms with van der Waals surface area (Å²) in [5.41, 5.74) is 0. The highest BCUT2D eigenvalue weighted by atomic mass is 32.3. The first-order valence-corrected chi connectivity index (χ1v) is 10.1. The molecule has 0 bridgehead atoms. The molecule has 2 atom stereocenters. The second kappa shape index (κ2) is 7.56. The van der Waals surface area contributed by atoms with Gasteiger partial charge in [0.05, 0.1) is 5.75 Å². The van der Waals surface area contributed by atoms with E-state index in [1.165, 1.54) is 0 Å². The van der Waals surface area contributed by atoms with E-state index in [-0.39, 0.29) is 15.3 Å². The normalized spacial score (nSPS) is 15.4. The summed E-state index contributed by atoms with van der Waals surface area (Å²) in [5.74, 6) is 0.0560. The van der Waals surface area contributed by atoms with Gasteiger partial charge in [0.15, 0.2) is 0 Å². The second-order valence-corrected chi connectivity index (χ2v) is 9.44. The summed E-state index contributed by atoms with van der Waals surface area (Å²) in [6, 6.07) is 0. The average molecular weight is 324 g/mol. The number of aromatic nitrogens is 2. The van der Waals surface area contributed by atoms with Crippen LogP contribution in [0.2, 0.25) is 0 Å². The van der Waals surface area contributed by atoms with Crippen LogP contribution in [0.15, 0.2) is 8.68 Å². The second-order valence-electron chi connectivity index (χ2n) is 4.27. The first kappa shape index (κ1) is 16.9. The molecule has 1 aromatic heterocycles. The highest BCUT2D eigenvalue weighted by Gasteiger charge is 2.29. The van der Waals surface area contributed by atoms with Crippen molar-refractivity contribution in [3.05, 3.63) is 0 Å². The molecule has 0 aliphatic heterocycles. The maximum absolute atomic E-state index is 12.3. The first-order chi connectivity index (χ1) is 8.96. The lowest BCUT2D eigenvalue weighted by Gasteiger charge is -2.16. The molecule has 0 saturated heterocycles. The van der Waals surface area contributed by atoms with Crippen molar-refractivity contribution in [2.75, 3.05) is 5.75 Å². The molecule has 1 rings (SSSR count). The van der Waals surface area contributed by atoms with E-state index in [9.17, 15) is 13.0 Å². The third-order valence-corrected chi connectivity index (χ3v) is 8.09. The van der Waals surface area contributed by atoms with Crippen LogP contribution in [-0.4, -0.2) is 34.2 Å². The predicted molar refractivity (Wildman–Crippen MR) is 77.6 cm³/mol. The van der Waals surface area contributed by atoms with Crippen LogP contribution in [0.4, 0.5) is 0 Å². The molecular formula is C11H20N2O3S3. The van der Waals surface area contributed by atoms with E-state index < -0.39 is 21.0 Å². The molecule has 5 nitrogen and oxygen atoms in total. The first-order valence-electron chi connectivity index (χ1n) is 6.43. The largest absolute Gasteiger partial charge is 0.609 e. The van der Waals surface area contributed by atoms with Crippen LogP contribution in [0.5, 0.6) is 0 Å². The fourth-order valence-corrected chi connectivity index (χ4v) is 6.16. The molecule has 0 aromatic carbocycles. The monoisotopic (exact) mass is 324 g/mol. The Labute approximate surface area is 121 Å². The van der Waals surface area contributed by atoms with Gasteiger partial charge in [0, 0.05) is 11.2 Å². The molecule has 0 spiro atoms. The van der Waals surface area contributed by atoms with E-state index in [0.717, 1.165) is 30.6 Å². The van der Waals surface area contributed by atoms with Gasteiger partial charge < -0.3 is 4.55 Å². The maximum atomic E-state index is 12.3. The zero-order chi connectivity index (χ0) is 14.5. The molecule has 110 valence electrons. The molecule has 8 heteroatoms. The van der Waals surface area contributed by atoms with Crippen molar-refractivity contribution in [3.63, 3.8) is 0 Å². The van der Waals surface area contributed by atoms with Gasteiger partial charge in [-0.3, -0.25) is 0 Å². The lowest BCUT2D eigenvalue weighted by molar-refractivity contribution is 0.561. The summed E-state index contributed by atoms with van der Waals surface area (Å²) < 4.78 is 36.3. The van der Waals surface area contributed by atoms with Crippen molar-refractivity contribution in [1.29, 1.82) is 0 Å². The van der Waals surface area contributed by atoms with Crippen LogP contribution < -0.4 is 0 Å². The van der Waals surface area contributed by atoms with Gasteiger partial charge in [-0.2, -0.15) is 0 Å². The van der Waals surface area contributed by atoms with Crippen LogP contribution in [0.3, 0.4) is 0 Å². The molecule has 1 heterocycles. The minimum Gasteiger partial charge on any atom is -0.609 e. The minimum absolute atomic E-state index is 0.0101. The summed E-state index contributed by atoms with van der Waals surface area (Å²) in [6.45, 7) is 5.82. The van der Waals surface area contributed by atoms with E-state index in [4.69, 9.17) is 0 Å². The maximum Gasteiger partial charge on any atom is 0.323 e. The quantitative estimate of drug-likeness (QED) is 0.686. The number of rotatable bonds is 8. The molecule has 0 aliphatic rings. The third kappa shape index (κ3) is 4.40. The zero-order valence-electron chi connectivity index (χ0n) is 11.5. The Morgan fingerprint density at radius 3 is 2.47 bits per heavy atom. The summed E-state index contributed by atoms with van der Waals surface area (Å²) in [4.78, 5) is 0.